The van der Waals surface area contributed by atoms with Gasteiger partial charge in [0.1, 0.15) is 0 Å². The lowest BCUT2D eigenvalue weighted by Crippen LogP contribution is -2.14. The molecule has 0 unspecified atom stereocenters. The highest BCUT2D eigenvalue weighted by Crippen LogP contribution is 2.50. The number of benzene rings is 10. The average Bonchev–Trinajstić information content (AvgIpc) is 3.44. The molecule has 0 aliphatic heterocycles. The van der Waals surface area contributed by atoms with E-state index in [4.69, 9.17) is 0 Å². The Morgan fingerprint density at radius 1 is 0.283 bits per heavy atom. The lowest BCUT2D eigenvalue weighted by atomic mass is 9.82. The van der Waals surface area contributed by atoms with Gasteiger partial charge in [0.2, 0.25) is 0 Å². The molecule has 0 N–H and O–H groups in total. The molecule has 0 radical (unpaired) electrons. The second-order valence-electron chi connectivity index (χ2n) is 15.3. The molecule has 0 heteroatoms. The van der Waals surface area contributed by atoms with Crippen LogP contribution in [-0.4, -0.2) is 0 Å². The second-order valence-corrected chi connectivity index (χ2v) is 15.3. The molecule has 1 aliphatic rings. The highest BCUT2D eigenvalue weighted by atomic mass is 14.4. The Morgan fingerprint density at radius 2 is 0.811 bits per heavy atom. The molecule has 10 aromatic rings. The van der Waals surface area contributed by atoms with Crippen LogP contribution < -0.4 is 0 Å². The molecule has 0 bridgehead atoms. The van der Waals surface area contributed by atoms with E-state index < -0.39 is 0 Å². The number of rotatable bonds is 4. The highest BCUT2D eigenvalue weighted by Gasteiger charge is 2.35. The summed E-state index contributed by atoms with van der Waals surface area (Å²) in [5.41, 5.74) is 15.5. The Kier molecular flexibility index (Phi) is 6.40. The first kappa shape index (κ1) is 30.2. The number of fused-ring (bicyclic) bond motifs is 4. The van der Waals surface area contributed by atoms with Crippen molar-refractivity contribution >= 4 is 43.1 Å². The molecule has 0 aromatic heterocycles. The van der Waals surface area contributed by atoms with E-state index in [-0.39, 0.29) is 5.41 Å². The van der Waals surface area contributed by atoms with E-state index >= 15 is 0 Å². The Bertz CT molecular complexity index is 3070. The first-order valence-corrected chi connectivity index (χ1v) is 18.7. The fourth-order valence-corrected chi connectivity index (χ4v) is 9.29. The maximum absolute atomic E-state index is 2.43. The summed E-state index contributed by atoms with van der Waals surface area (Å²) in [7, 11) is 0. The van der Waals surface area contributed by atoms with Crippen molar-refractivity contribution in [2.45, 2.75) is 19.3 Å². The molecule has 1 aliphatic carbocycles. The smallest absolute Gasteiger partial charge is 0.0159 e. The van der Waals surface area contributed by atoms with Crippen LogP contribution in [0.1, 0.15) is 25.0 Å². The number of hydrogen-bond acceptors (Lipinski definition) is 0. The minimum Gasteiger partial charge on any atom is -0.0622 e. The fraction of sp³-hybridized carbons (Fsp3) is 0.0566. The van der Waals surface area contributed by atoms with Crippen LogP contribution in [0.3, 0.4) is 0 Å². The molecule has 0 saturated carbocycles. The summed E-state index contributed by atoms with van der Waals surface area (Å²) in [6, 6.07) is 67.9. The fourth-order valence-electron chi connectivity index (χ4n) is 9.29. The van der Waals surface area contributed by atoms with Crippen LogP contribution >= 0.6 is 0 Å². The molecule has 11 rings (SSSR count). The van der Waals surface area contributed by atoms with Gasteiger partial charge in [-0.15, -0.1) is 0 Å². The summed E-state index contributed by atoms with van der Waals surface area (Å²) in [5, 5.41) is 10.4. The topological polar surface area (TPSA) is 0 Å². The van der Waals surface area contributed by atoms with E-state index in [0.717, 1.165) is 0 Å². The molecule has 0 nitrogen and oxygen atoms in total. The molecule has 53 heavy (non-hydrogen) atoms. The van der Waals surface area contributed by atoms with Crippen molar-refractivity contribution in [1.29, 1.82) is 0 Å². The third kappa shape index (κ3) is 4.55. The minimum absolute atomic E-state index is 0.0130. The second kappa shape index (κ2) is 11.2. The summed E-state index contributed by atoms with van der Waals surface area (Å²) in [5.74, 6) is 0. The van der Waals surface area contributed by atoms with Gasteiger partial charge < -0.3 is 0 Å². The zero-order valence-electron chi connectivity index (χ0n) is 29.8. The van der Waals surface area contributed by atoms with E-state index in [2.05, 4.69) is 196 Å². The summed E-state index contributed by atoms with van der Waals surface area (Å²) in [6.45, 7) is 4.71. The molecule has 0 fully saturated rings. The molecule has 0 spiro atoms. The normalized spacial score (nSPS) is 13.2. The van der Waals surface area contributed by atoms with Crippen LogP contribution in [0, 0.1) is 0 Å². The standard InChI is InChI=1S/C53H36/c1-53(2)49-17-7-6-16-45(49)48-31-40-19-18-39(30-42(40)32-50(48)53)37-13-8-12-36(28-37)38-14-9-15-41(29-38)44-25-21-35-22-26-46-43(33-10-4-3-5-11-33)24-20-34-23-27-47(44)52(35)51(34)46/h3-32H,1-2H3. The molecule has 10 aromatic carbocycles. The Morgan fingerprint density at radius 3 is 1.51 bits per heavy atom. The van der Waals surface area contributed by atoms with Gasteiger partial charge in [0, 0.05) is 5.41 Å². The van der Waals surface area contributed by atoms with Crippen molar-refractivity contribution in [3.8, 4) is 55.6 Å². The third-order valence-corrected chi connectivity index (χ3v) is 12.0. The zero-order valence-corrected chi connectivity index (χ0v) is 29.8. The van der Waals surface area contributed by atoms with Crippen molar-refractivity contribution < 1.29 is 0 Å². The quantitative estimate of drug-likeness (QED) is 0.163. The summed E-state index contributed by atoms with van der Waals surface area (Å²) in [4.78, 5) is 0. The van der Waals surface area contributed by atoms with Crippen molar-refractivity contribution in [1.82, 2.24) is 0 Å². The van der Waals surface area contributed by atoms with Crippen molar-refractivity contribution in [2.75, 3.05) is 0 Å². The third-order valence-electron chi connectivity index (χ3n) is 12.0. The van der Waals surface area contributed by atoms with Gasteiger partial charge in [0.15, 0.2) is 0 Å². The van der Waals surface area contributed by atoms with E-state index in [9.17, 15) is 0 Å². The van der Waals surface area contributed by atoms with Crippen molar-refractivity contribution in [2.24, 2.45) is 0 Å². The van der Waals surface area contributed by atoms with Gasteiger partial charge in [-0.25, -0.2) is 0 Å². The molecule has 248 valence electrons. The van der Waals surface area contributed by atoms with Crippen molar-refractivity contribution in [3.05, 3.63) is 193 Å². The predicted molar refractivity (Wildman–Crippen MR) is 227 cm³/mol. The van der Waals surface area contributed by atoms with Gasteiger partial charge in [-0.1, -0.05) is 166 Å². The SMILES string of the molecule is CC1(C)c2ccccc2-c2cc3ccc(-c4cccc(-c5cccc(-c6ccc7ccc8c(-c9ccccc9)ccc9ccc6c7c98)c5)c4)cc3cc21. The van der Waals surface area contributed by atoms with E-state index in [0.29, 0.717) is 0 Å². The van der Waals surface area contributed by atoms with Gasteiger partial charge in [-0.2, -0.15) is 0 Å². The van der Waals surface area contributed by atoms with Gasteiger partial charge in [0.25, 0.3) is 0 Å². The minimum atomic E-state index is -0.0130. The highest BCUT2D eigenvalue weighted by molar-refractivity contribution is 6.27. The van der Waals surface area contributed by atoms with Crippen LogP contribution in [0.15, 0.2) is 182 Å². The summed E-state index contributed by atoms with van der Waals surface area (Å²) >= 11 is 0. The van der Waals surface area contributed by atoms with Crippen LogP contribution in [0.2, 0.25) is 0 Å². The van der Waals surface area contributed by atoms with Gasteiger partial charge in [-0.3, -0.25) is 0 Å². The molecular formula is C53H36. The molecule has 0 saturated heterocycles. The first-order chi connectivity index (χ1) is 26.0. The van der Waals surface area contributed by atoms with Crippen LogP contribution in [0.5, 0.6) is 0 Å². The Labute approximate surface area is 310 Å². The first-order valence-electron chi connectivity index (χ1n) is 18.7. The number of hydrogen-bond donors (Lipinski definition) is 0. The van der Waals surface area contributed by atoms with Gasteiger partial charge in [-0.05, 0) is 140 Å². The largest absolute Gasteiger partial charge is 0.0622 e. The summed E-state index contributed by atoms with van der Waals surface area (Å²) < 4.78 is 0. The lowest BCUT2D eigenvalue weighted by molar-refractivity contribution is 0.661. The van der Waals surface area contributed by atoms with Crippen LogP contribution in [0.25, 0.3) is 98.7 Å². The van der Waals surface area contributed by atoms with Gasteiger partial charge >= 0.3 is 0 Å². The van der Waals surface area contributed by atoms with E-state index in [1.807, 2.05) is 0 Å². The van der Waals surface area contributed by atoms with Gasteiger partial charge in [0.05, 0.1) is 0 Å². The molecule has 0 atom stereocenters. The zero-order chi connectivity index (χ0) is 35.3. The maximum atomic E-state index is 2.43. The molecule has 0 amide bonds. The monoisotopic (exact) mass is 672 g/mol. The molecule has 0 heterocycles. The Hall–Kier alpha value is -6.50. The summed E-state index contributed by atoms with van der Waals surface area (Å²) in [6.07, 6.45) is 0. The van der Waals surface area contributed by atoms with Crippen LogP contribution in [-0.2, 0) is 5.41 Å². The van der Waals surface area contributed by atoms with E-state index in [1.165, 1.54) is 110 Å². The van der Waals surface area contributed by atoms with Crippen LogP contribution in [0.4, 0.5) is 0 Å². The van der Waals surface area contributed by atoms with Crippen molar-refractivity contribution in [3.63, 3.8) is 0 Å². The predicted octanol–water partition coefficient (Wildman–Crippen LogP) is 14.7. The lowest BCUT2D eigenvalue weighted by Gasteiger charge is -2.21. The Balaban J connectivity index is 0.991. The molecular weight excluding hydrogens is 637 g/mol. The average molecular weight is 673 g/mol. The van der Waals surface area contributed by atoms with E-state index in [1.54, 1.807) is 0 Å². The maximum Gasteiger partial charge on any atom is 0.0159 e.